The maximum absolute atomic E-state index is 14.9. The number of aromatic nitrogens is 2. The molecule has 8 nitrogen and oxygen atoms in total. The third-order valence-electron chi connectivity index (χ3n) is 4.89. The highest BCUT2D eigenvalue weighted by atomic mass is 32.2. The first kappa shape index (κ1) is 20.1. The van der Waals surface area contributed by atoms with Crippen LogP contribution in [0.15, 0.2) is 34.9 Å². The number of nitrogens with one attached hydrogen (secondary N) is 1. The topological polar surface area (TPSA) is 114 Å². The second-order valence-corrected chi connectivity index (χ2v) is 10.3. The molecule has 11 heteroatoms. The van der Waals surface area contributed by atoms with E-state index in [0.717, 1.165) is 15.4 Å². The van der Waals surface area contributed by atoms with Gasteiger partial charge in [0.25, 0.3) is 0 Å². The number of hydrogen-bond donors (Lipinski definition) is 2. The lowest BCUT2D eigenvalue weighted by Crippen LogP contribution is -2.66. The molecule has 0 amide bonds. The van der Waals surface area contributed by atoms with Gasteiger partial charge in [-0.3, -0.25) is 5.32 Å². The highest BCUT2D eigenvalue weighted by molar-refractivity contribution is 7.89. The minimum atomic E-state index is -3.62. The summed E-state index contributed by atoms with van der Waals surface area (Å²) in [4.78, 5) is 5.16. The number of nitrogens with zero attached hydrogens (tertiary/aromatic N) is 3. The summed E-state index contributed by atoms with van der Waals surface area (Å²) in [6, 6.07) is 8.75. The second kappa shape index (κ2) is 6.96. The van der Waals surface area contributed by atoms with E-state index in [4.69, 9.17) is 10.3 Å². The number of nitrogens with two attached hydrogens (primary N) is 1. The molecule has 29 heavy (non-hydrogen) atoms. The van der Waals surface area contributed by atoms with Crippen LogP contribution in [0.3, 0.4) is 0 Å². The van der Waals surface area contributed by atoms with Gasteiger partial charge in [0, 0.05) is 24.4 Å². The van der Waals surface area contributed by atoms with Crippen LogP contribution in [-0.4, -0.2) is 42.0 Å². The number of halogens is 1. The van der Waals surface area contributed by atoms with Gasteiger partial charge >= 0.3 is 0 Å². The molecule has 1 fully saturated rings. The van der Waals surface area contributed by atoms with E-state index in [2.05, 4.69) is 15.5 Å². The highest BCUT2D eigenvalue weighted by Crippen LogP contribution is 2.40. The standard InChI is InChI=1S/C18H20FN5O3S2/c1-10-21-16(23-27-10)12-6-4-5-11(7-12)14-8-13(19)15(28-14)18(2)9-29(25,26)24(3)17(20)22-18/h4-8,17,22H,9,20H2,1-3H3/t17?,18-/m0/s1. The molecule has 2 atom stereocenters. The van der Waals surface area contributed by atoms with Gasteiger partial charge < -0.3 is 10.3 Å². The molecule has 1 aliphatic rings. The Hall–Kier alpha value is -2.18. The van der Waals surface area contributed by atoms with Crippen molar-refractivity contribution in [1.29, 1.82) is 0 Å². The zero-order valence-corrected chi connectivity index (χ0v) is 17.6. The largest absolute Gasteiger partial charge is 0.339 e. The van der Waals surface area contributed by atoms with Crippen LogP contribution in [0.2, 0.25) is 0 Å². The molecule has 0 radical (unpaired) electrons. The molecular formula is C18H20FN5O3S2. The van der Waals surface area contributed by atoms with Crippen LogP contribution in [0.1, 0.15) is 17.7 Å². The summed E-state index contributed by atoms with van der Waals surface area (Å²) in [6.07, 6.45) is -0.937. The molecule has 3 heterocycles. The number of benzene rings is 1. The Morgan fingerprint density at radius 2 is 2.10 bits per heavy atom. The first-order valence-corrected chi connectivity index (χ1v) is 11.2. The number of rotatable bonds is 3. The predicted octanol–water partition coefficient (Wildman–Crippen LogP) is 2.23. The van der Waals surface area contributed by atoms with E-state index in [1.54, 1.807) is 13.8 Å². The zero-order chi connectivity index (χ0) is 21.0. The molecule has 154 valence electrons. The smallest absolute Gasteiger partial charge is 0.223 e. The van der Waals surface area contributed by atoms with Crippen molar-refractivity contribution in [3.8, 4) is 21.8 Å². The number of aryl methyl sites for hydroxylation is 1. The van der Waals surface area contributed by atoms with Gasteiger partial charge in [-0.2, -0.15) is 9.29 Å². The lowest BCUT2D eigenvalue weighted by Gasteiger charge is -2.41. The highest BCUT2D eigenvalue weighted by Gasteiger charge is 2.45. The summed E-state index contributed by atoms with van der Waals surface area (Å²) in [5, 5.41) is 6.93. The molecule has 0 aliphatic carbocycles. The number of hydrogen-bond acceptors (Lipinski definition) is 8. The van der Waals surface area contributed by atoms with Crippen LogP contribution in [-0.2, 0) is 15.6 Å². The normalized spacial score (nSPS) is 24.7. The number of sulfonamides is 1. The van der Waals surface area contributed by atoms with E-state index in [-0.39, 0.29) is 5.75 Å². The Morgan fingerprint density at radius 1 is 1.38 bits per heavy atom. The third-order valence-corrected chi connectivity index (χ3v) is 8.36. The molecule has 3 aromatic rings. The monoisotopic (exact) mass is 437 g/mol. The van der Waals surface area contributed by atoms with Gasteiger partial charge in [0.05, 0.1) is 16.2 Å². The zero-order valence-electron chi connectivity index (χ0n) is 16.0. The summed E-state index contributed by atoms with van der Waals surface area (Å²) in [5.74, 6) is 0.132. The number of thiophene rings is 1. The van der Waals surface area contributed by atoms with E-state index in [1.807, 2.05) is 24.3 Å². The Kier molecular flexibility index (Phi) is 4.82. The Morgan fingerprint density at radius 3 is 2.76 bits per heavy atom. The molecule has 0 spiro atoms. The fourth-order valence-corrected chi connectivity index (χ4v) is 6.14. The molecule has 4 rings (SSSR count). The predicted molar refractivity (Wildman–Crippen MR) is 108 cm³/mol. The SMILES string of the molecule is Cc1nc(-c2cccc(-c3cc(F)c([C@]4(C)CS(=O)(=O)N(C)C(N)N4)s3)c2)no1. The fourth-order valence-electron chi connectivity index (χ4n) is 3.35. The van der Waals surface area contributed by atoms with Crippen LogP contribution < -0.4 is 11.1 Å². The molecular weight excluding hydrogens is 417 g/mol. The molecule has 0 saturated carbocycles. The van der Waals surface area contributed by atoms with Crippen molar-refractivity contribution in [3.63, 3.8) is 0 Å². The van der Waals surface area contributed by atoms with Gasteiger partial charge in [0.2, 0.25) is 21.7 Å². The van der Waals surface area contributed by atoms with Gasteiger partial charge in [0.15, 0.2) is 0 Å². The molecule has 1 unspecified atom stereocenters. The van der Waals surface area contributed by atoms with Gasteiger partial charge in [-0.05, 0) is 24.6 Å². The van der Waals surface area contributed by atoms with Gasteiger partial charge in [-0.15, -0.1) is 11.3 Å². The molecule has 1 saturated heterocycles. The van der Waals surface area contributed by atoms with E-state index in [1.165, 1.54) is 24.5 Å². The molecule has 3 N–H and O–H groups in total. The average Bonchev–Trinajstić information content (AvgIpc) is 3.26. The minimum absolute atomic E-state index is 0.288. The van der Waals surface area contributed by atoms with Crippen LogP contribution in [0.25, 0.3) is 21.8 Å². The summed E-state index contributed by atoms with van der Waals surface area (Å²) in [5.41, 5.74) is 6.28. The van der Waals surface area contributed by atoms with E-state index in [0.29, 0.717) is 21.5 Å². The molecule has 1 aliphatic heterocycles. The quantitative estimate of drug-likeness (QED) is 0.646. The maximum atomic E-state index is 14.9. The van der Waals surface area contributed by atoms with Crippen molar-refractivity contribution in [1.82, 2.24) is 19.8 Å². The van der Waals surface area contributed by atoms with E-state index < -0.39 is 27.7 Å². The van der Waals surface area contributed by atoms with Crippen molar-refractivity contribution in [2.24, 2.45) is 5.73 Å². The van der Waals surface area contributed by atoms with Crippen molar-refractivity contribution >= 4 is 21.4 Å². The van der Waals surface area contributed by atoms with Crippen molar-refractivity contribution in [2.45, 2.75) is 25.7 Å². The van der Waals surface area contributed by atoms with Crippen LogP contribution in [0, 0.1) is 12.7 Å². The van der Waals surface area contributed by atoms with E-state index >= 15 is 0 Å². The van der Waals surface area contributed by atoms with Crippen LogP contribution in [0.4, 0.5) is 4.39 Å². The minimum Gasteiger partial charge on any atom is -0.339 e. The first-order valence-electron chi connectivity index (χ1n) is 8.79. The Labute approximate surface area is 171 Å². The third kappa shape index (κ3) is 3.60. The van der Waals surface area contributed by atoms with Crippen molar-refractivity contribution in [3.05, 3.63) is 46.9 Å². The summed E-state index contributed by atoms with van der Waals surface area (Å²) >= 11 is 1.19. The van der Waals surface area contributed by atoms with Crippen molar-refractivity contribution in [2.75, 3.05) is 12.8 Å². The van der Waals surface area contributed by atoms with Gasteiger partial charge in [-0.1, -0.05) is 23.4 Å². The van der Waals surface area contributed by atoms with Crippen LogP contribution >= 0.6 is 11.3 Å². The molecule has 2 aromatic heterocycles. The van der Waals surface area contributed by atoms with Crippen LogP contribution in [0.5, 0.6) is 0 Å². The van der Waals surface area contributed by atoms with Gasteiger partial charge in [0.1, 0.15) is 12.1 Å². The fraction of sp³-hybridized carbons (Fsp3) is 0.333. The summed E-state index contributed by atoms with van der Waals surface area (Å²) in [7, 11) is -2.22. The molecule has 1 aromatic carbocycles. The van der Waals surface area contributed by atoms with E-state index in [9.17, 15) is 12.8 Å². The molecule has 0 bridgehead atoms. The second-order valence-electron chi connectivity index (χ2n) is 7.20. The Balaban J connectivity index is 1.72. The lowest BCUT2D eigenvalue weighted by atomic mass is 10.0. The average molecular weight is 438 g/mol. The lowest BCUT2D eigenvalue weighted by molar-refractivity contribution is 0.215. The summed E-state index contributed by atoms with van der Waals surface area (Å²) < 4.78 is 45.9. The van der Waals surface area contributed by atoms with Gasteiger partial charge in [-0.25, -0.2) is 12.8 Å². The summed E-state index contributed by atoms with van der Waals surface area (Å²) in [6.45, 7) is 3.35. The first-order chi connectivity index (χ1) is 13.6. The van der Waals surface area contributed by atoms with Crippen molar-refractivity contribution < 1.29 is 17.3 Å². The Bertz CT molecular complexity index is 1180. The maximum Gasteiger partial charge on any atom is 0.223 e.